The molecular weight excluding hydrogens is 306 g/mol. The van der Waals surface area contributed by atoms with Gasteiger partial charge >= 0.3 is 0 Å². The molecule has 1 heterocycles. The van der Waals surface area contributed by atoms with Crippen molar-refractivity contribution in [3.05, 3.63) is 35.2 Å². The maximum Gasteiger partial charge on any atom is 0.247 e. The van der Waals surface area contributed by atoms with Crippen molar-refractivity contribution in [2.24, 2.45) is 0 Å². The Bertz CT molecular complexity index is 580. The molecule has 0 aliphatic rings. The summed E-state index contributed by atoms with van der Waals surface area (Å²) >= 11 is 5.85. The number of benzene rings is 1. The van der Waals surface area contributed by atoms with E-state index in [-0.39, 0.29) is 12.1 Å². The van der Waals surface area contributed by atoms with Gasteiger partial charge in [0.25, 0.3) is 0 Å². The van der Waals surface area contributed by atoms with E-state index in [1.54, 1.807) is 19.2 Å². The first kappa shape index (κ1) is 16.9. The van der Waals surface area contributed by atoms with Crippen LogP contribution in [0.4, 0.5) is 0 Å². The minimum atomic E-state index is -0.349. The van der Waals surface area contributed by atoms with Gasteiger partial charge in [-0.3, -0.25) is 0 Å². The van der Waals surface area contributed by atoms with Crippen molar-refractivity contribution in [3.8, 4) is 11.5 Å². The van der Waals surface area contributed by atoms with Crippen LogP contribution in [-0.4, -0.2) is 41.2 Å². The first-order chi connectivity index (χ1) is 10.6. The largest absolute Gasteiger partial charge is 0.419 e. The summed E-state index contributed by atoms with van der Waals surface area (Å²) in [6, 6.07) is 7.20. The smallest absolute Gasteiger partial charge is 0.247 e. The molecule has 0 amide bonds. The van der Waals surface area contributed by atoms with E-state index in [1.165, 1.54) is 0 Å². The molecule has 1 atom stereocenters. The highest BCUT2D eigenvalue weighted by Crippen LogP contribution is 2.20. The number of aliphatic hydroxyl groups is 1. The number of hydrogen-bond donors (Lipinski definition) is 2. The molecule has 6 nitrogen and oxygen atoms in total. The normalized spacial score (nSPS) is 14.0. The number of rotatable bonds is 8. The summed E-state index contributed by atoms with van der Waals surface area (Å²) in [5.41, 5.74) is 0.469. The van der Waals surface area contributed by atoms with Crippen LogP contribution in [0.25, 0.3) is 11.5 Å². The summed E-state index contributed by atoms with van der Waals surface area (Å²) in [5.74, 6) is 0.925. The second kappa shape index (κ2) is 7.69. The maximum atomic E-state index is 9.14. The van der Waals surface area contributed by atoms with Gasteiger partial charge in [0.1, 0.15) is 0 Å². The zero-order valence-corrected chi connectivity index (χ0v) is 13.4. The van der Waals surface area contributed by atoms with Crippen LogP contribution in [-0.2, 0) is 11.3 Å². The molecule has 0 aliphatic heterocycles. The Morgan fingerprint density at radius 3 is 2.68 bits per heavy atom. The number of aliphatic hydroxyl groups excluding tert-OH is 1. The maximum absolute atomic E-state index is 9.14. The van der Waals surface area contributed by atoms with Gasteiger partial charge in [-0.2, -0.15) is 0 Å². The molecule has 0 saturated carbocycles. The third-order valence-electron chi connectivity index (χ3n) is 3.35. The van der Waals surface area contributed by atoms with E-state index < -0.39 is 0 Å². The van der Waals surface area contributed by atoms with E-state index >= 15 is 0 Å². The average Bonchev–Trinajstić information content (AvgIpc) is 2.96. The number of nitrogens with zero attached hydrogens (tertiary/aromatic N) is 2. The van der Waals surface area contributed by atoms with Gasteiger partial charge < -0.3 is 19.6 Å². The van der Waals surface area contributed by atoms with Crippen LogP contribution in [0.1, 0.15) is 19.2 Å². The van der Waals surface area contributed by atoms with Gasteiger partial charge in [0.05, 0.1) is 13.2 Å². The standard InChI is InChI=1S/C15H20ClN3O3/c1-15(7-8-20,10-21-2)17-9-13-18-19-14(22-13)11-3-5-12(16)6-4-11/h3-6,17,20H,7-10H2,1-2H3. The zero-order chi connectivity index (χ0) is 16.0. The highest BCUT2D eigenvalue weighted by molar-refractivity contribution is 6.30. The highest BCUT2D eigenvalue weighted by atomic mass is 35.5. The van der Waals surface area contributed by atoms with E-state index in [0.29, 0.717) is 36.4 Å². The number of aromatic nitrogens is 2. The molecular formula is C15H20ClN3O3. The lowest BCUT2D eigenvalue weighted by molar-refractivity contribution is 0.0953. The van der Waals surface area contributed by atoms with Gasteiger partial charge in [-0.25, -0.2) is 0 Å². The summed E-state index contributed by atoms with van der Waals surface area (Å²) in [6.07, 6.45) is 0.568. The van der Waals surface area contributed by atoms with Gasteiger partial charge in [0.2, 0.25) is 11.8 Å². The summed E-state index contributed by atoms with van der Waals surface area (Å²) in [5, 5.41) is 21.1. The van der Waals surface area contributed by atoms with Crippen molar-refractivity contribution in [1.82, 2.24) is 15.5 Å². The van der Waals surface area contributed by atoms with Crippen molar-refractivity contribution in [2.75, 3.05) is 20.3 Å². The minimum Gasteiger partial charge on any atom is -0.419 e. The molecule has 2 rings (SSSR count). The molecule has 22 heavy (non-hydrogen) atoms. The van der Waals surface area contributed by atoms with Crippen LogP contribution in [0.2, 0.25) is 5.02 Å². The van der Waals surface area contributed by atoms with E-state index in [1.807, 2.05) is 19.1 Å². The molecule has 2 N–H and O–H groups in total. The third kappa shape index (κ3) is 4.51. The molecule has 120 valence electrons. The summed E-state index contributed by atoms with van der Waals surface area (Å²) in [4.78, 5) is 0. The Morgan fingerprint density at radius 1 is 1.32 bits per heavy atom. The predicted molar refractivity (Wildman–Crippen MR) is 83.6 cm³/mol. The molecule has 1 unspecified atom stereocenters. The summed E-state index contributed by atoms with van der Waals surface area (Å²) in [6.45, 7) is 2.93. The van der Waals surface area contributed by atoms with Gasteiger partial charge in [-0.15, -0.1) is 10.2 Å². The Hall–Kier alpha value is -1.47. The van der Waals surface area contributed by atoms with Gasteiger partial charge in [-0.05, 0) is 37.6 Å². The average molecular weight is 326 g/mol. The van der Waals surface area contributed by atoms with Gasteiger partial charge in [-0.1, -0.05) is 11.6 Å². The topological polar surface area (TPSA) is 80.4 Å². The number of ether oxygens (including phenoxy) is 1. The molecule has 0 saturated heterocycles. The van der Waals surface area contributed by atoms with Crippen LogP contribution in [0, 0.1) is 0 Å². The van der Waals surface area contributed by atoms with Crippen LogP contribution in [0.3, 0.4) is 0 Å². The summed E-state index contributed by atoms with van der Waals surface area (Å²) < 4.78 is 10.8. The predicted octanol–water partition coefficient (Wildman–Crippen LogP) is 2.27. The van der Waals surface area contributed by atoms with Gasteiger partial charge in [0, 0.05) is 29.8 Å². The fraction of sp³-hybridized carbons (Fsp3) is 0.467. The van der Waals surface area contributed by atoms with Crippen molar-refractivity contribution < 1.29 is 14.3 Å². The molecule has 0 bridgehead atoms. The Labute approximate surface area is 134 Å². The van der Waals surface area contributed by atoms with Crippen molar-refractivity contribution in [3.63, 3.8) is 0 Å². The lowest BCUT2D eigenvalue weighted by atomic mass is 9.99. The minimum absolute atomic E-state index is 0.0761. The Morgan fingerprint density at radius 2 is 2.05 bits per heavy atom. The molecule has 1 aromatic heterocycles. The van der Waals surface area contributed by atoms with Crippen molar-refractivity contribution >= 4 is 11.6 Å². The lowest BCUT2D eigenvalue weighted by Crippen LogP contribution is -2.46. The van der Waals surface area contributed by atoms with E-state index in [2.05, 4.69) is 15.5 Å². The Kier molecular flexibility index (Phi) is 5.90. The number of nitrogens with one attached hydrogen (secondary N) is 1. The van der Waals surface area contributed by atoms with Crippen LogP contribution in [0.15, 0.2) is 28.7 Å². The third-order valence-corrected chi connectivity index (χ3v) is 3.60. The van der Waals surface area contributed by atoms with E-state index in [9.17, 15) is 0 Å². The SMILES string of the molecule is COCC(C)(CCO)NCc1nnc(-c2ccc(Cl)cc2)o1. The van der Waals surface area contributed by atoms with Crippen LogP contribution < -0.4 is 5.32 Å². The molecule has 7 heteroatoms. The summed E-state index contributed by atoms with van der Waals surface area (Å²) in [7, 11) is 1.63. The molecule has 1 aromatic carbocycles. The van der Waals surface area contributed by atoms with Crippen molar-refractivity contribution in [1.29, 1.82) is 0 Å². The van der Waals surface area contributed by atoms with Crippen LogP contribution in [0.5, 0.6) is 0 Å². The van der Waals surface area contributed by atoms with E-state index in [4.69, 9.17) is 25.9 Å². The molecule has 2 aromatic rings. The van der Waals surface area contributed by atoms with Crippen molar-refractivity contribution in [2.45, 2.75) is 25.4 Å². The number of halogens is 1. The molecule has 0 fully saturated rings. The first-order valence-corrected chi connectivity index (χ1v) is 7.37. The monoisotopic (exact) mass is 325 g/mol. The fourth-order valence-electron chi connectivity index (χ4n) is 2.10. The van der Waals surface area contributed by atoms with Gasteiger partial charge in [0.15, 0.2) is 0 Å². The van der Waals surface area contributed by atoms with E-state index in [0.717, 1.165) is 5.56 Å². The molecule has 0 aliphatic carbocycles. The highest BCUT2D eigenvalue weighted by Gasteiger charge is 2.24. The molecule has 0 spiro atoms. The number of methoxy groups -OCH3 is 1. The Balaban J connectivity index is 2.01. The zero-order valence-electron chi connectivity index (χ0n) is 12.7. The number of hydrogen-bond acceptors (Lipinski definition) is 6. The second-order valence-corrected chi connectivity index (χ2v) is 5.77. The quantitative estimate of drug-likeness (QED) is 0.775. The lowest BCUT2D eigenvalue weighted by Gasteiger charge is -2.28. The van der Waals surface area contributed by atoms with Crippen LogP contribution >= 0.6 is 11.6 Å². The second-order valence-electron chi connectivity index (χ2n) is 5.33. The molecule has 0 radical (unpaired) electrons. The fourth-order valence-corrected chi connectivity index (χ4v) is 2.23. The first-order valence-electron chi connectivity index (χ1n) is 6.99.